The van der Waals surface area contributed by atoms with Crippen LogP contribution in [0.15, 0.2) is 10.7 Å². The van der Waals surface area contributed by atoms with Crippen molar-refractivity contribution in [3.8, 4) is 6.07 Å². The molecule has 1 aromatic rings. The van der Waals surface area contributed by atoms with Gasteiger partial charge in [0.05, 0.1) is 12.1 Å². The Morgan fingerprint density at radius 3 is 3.20 bits per heavy atom. The second-order valence-corrected chi connectivity index (χ2v) is 5.10. The van der Waals surface area contributed by atoms with Gasteiger partial charge < -0.3 is 5.32 Å². The molecule has 6 heteroatoms. The van der Waals surface area contributed by atoms with Crippen molar-refractivity contribution in [2.24, 2.45) is 0 Å². The molecule has 4 nitrogen and oxygen atoms in total. The summed E-state index contributed by atoms with van der Waals surface area (Å²) in [5, 5.41) is 12.1. The first-order chi connectivity index (χ1) is 7.36. The molecule has 1 heterocycles. The summed E-state index contributed by atoms with van der Waals surface area (Å²) in [6.07, 6.45) is 3.46. The minimum Gasteiger partial charge on any atom is -0.302 e. The summed E-state index contributed by atoms with van der Waals surface area (Å²) in [6, 6.07) is 2.22. The number of hydrogen-bond acceptors (Lipinski definition) is 6. The molecule has 0 spiro atoms. The molecular weight excluding hydrogens is 228 g/mol. The standard InChI is InChI=1S/C9H14N4S2/c1-2-4-11-8(6-10)3-5-14-9-12-7-13-15-9/h7-8,11H,2-5H2,1H3. The highest BCUT2D eigenvalue weighted by Gasteiger charge is 2.06. The van der Waals surface area contributed by atoms with Gasteiger partial charge in [0.2, 0.25) is 0 Å². The van der Waals surface area contributed by atoms with Crippen LogP contribution in [-0.4, -0.2) is 27.7 Å². The number of hydrogen-bond donors (Lipinski definition) is 1. The molecule has 1 atom stereocenters. The normalized spacial score (nSPS) is 12.3. The highest BCUT2D eigenvalue weighted by atomic mass is 32.2. The van der Waals surface area contributed by atoms with Crippen LogP contribution in [0.1, 0.15) is 19.8 Å². The van der Waals surface area contributed by atoms with Crippen LogP contribution < -0.4 is 5.32 Å². The first-order valence-corrected chi connectivity index (χ1v) is 6.65. The molecule has 82 valence electrons. The zero-order chi connectivity index (χ0) is 10.9. The quantitative estimate of drug-likeness (QED) is 0.740. The number of aromatic nitrogens is 2. The zero-order valence-electron chi connectivity index (χ0n) is 8.64. The minimum absolute atomic E-state index is 0.0367. The van der Waals surface area contributed by atoms with Crippen LogP contribution in [0, 0.1) is 11.3 Å². The molecule has 0 radical (unpaired) electrons. The largest absolute Gasteiger partial charge is 0.302 e. The van der Waals surface area contributed by atoms with Crippen LogP contribution in [0.5, 0.6) is 0 Å². The van der Waals surface area contributed by atoms with E-state index in [1.54, 1.807) is 18.1 Å². The van der Waals surface area contributed by atoms with Crippen molar-refractivity contribution in [1.82, 2.24) is 14.7 Å². The first kappa shape index (κ1) is 12.4. The predicted octanol–water partition coefficient (Wildman–Crippen LogP) is 1.91. The van der Waals surface area contributed by atoms with Gasteiger partial charge in [0.15, 0.2) is 4.34 Å². The summed E-state index contributed by atoms with van der Waals surface area (Å²) < 4.78 is 4.89. The molecule has 1 unspecified atom stereocenters. The predicted molar refractivity (Wildman–Crippen MR) is 62.9 cm³/mol. The lowest BCUT2D eigenvalue weighted by atomic mass is 10.2. The van der Waals surface area contributed by atoms with Gasteiger partial charge in [0, 0.05) is 5.75 Å². The van der Waals surface area contributed by atoms with Crippen molar-refractivity contribution >= 4 is 23.3 Å². The summed E-state index contributed by atoms with van der Waals surface area (Å²) in [7, 11) is 0. The first-order valence-electron chi connectivity index (χ1n) is 4.89. The van der Waals surface area contributed by atoms with Crippen LogP contribution in [0.4, 0.5) is 0 Å². The van der Waals surface area contributed by atoms with Gasteiger partial charge in [-0.3, -0.25) is 0 Å². The maximum atomic E-state index is 8.86. The smallest absolute Gasteiger partial charge is 0.169 e. The molecule has 15 heavy (non-hydrogen) atoms. The van der Waals surface area contributed by atoms with Crippen molar-refractivity contribution < 1.29 is 0 Å². The van der Waals surface area contributed by atoms with Gasteiger partial charge in [-0.1, -0.05) is 18.7 Å². The summed E-state index contributed by atoms with van der Waals surface area (Å²) in [6.45, 7) is 3.00. The molecule has 0 amide bonds. The third-order valence-corrected chi connectivity index (χ3v) is 3.60. The van der Waals surface area contributed by atoms with E-state index in [1.807, 2.05) is 0 Å². The van der Waals surface area contributed by atoms with E-state index in [-0.39, 0.29) is 6.04 Å². The van der Waals surface area contributed by atoms with E-state index in [1.165, 1.54) is 11.5 Å². The topological polar surface area (TPSA) is 61.6 Å². The summed E-state index contributed by atoms with van der Waals surface area (Å²) in [5.74, 6) is 0.907. The fourth-order valence-electron chi connectivity index (χ4n) is 1.02. The highest BCUT2D eigenvalue weighted by Crippen LogP contribution is 2.19. The number of nitrogens with zero attached hydrogens (tertiary/aromatic N) is 3. The van der Waals surface area contributed by atoms with E-state index in [0.717, 1.165) is 29.5 Å². The maximum absolute atomic E-state index is 8.86. The van der Waals surface area contributed by atoms with Gasteiger partial charge in [0.25, 0.3) is 0 Å². The van der Waals surface area contributed by atoms with E-state index in [0.29, 0.717) is 0 Å². The lowest BCUT2D eigenvalue weighted by Crippen LogP contribution is -2.28. The number of thioether (sulfide) groups is 1. The lowest BCUT2D eigenvalue weighted by molar-refractivity contribution is 0.585. The molecule has 0 bridgehead atoms. The van der Waals surface area contributed by atoms with Crippen molar-refractivity contribution in [1.29, 1.82) is 5.26 Å². The molecule has 0 aromatic carbocycles. The van der Waals surface area contributed by atoms with Gasteiger partial charge in [-0.25, -0.2) is 4.98 Å². The summed E-state index contributed by atoms with van der Waals surface area (Å²) >= 11 is 3.06. The Balaban J connectivity index is 2.15. The van der Waals surface area contributed by atoms with Crippen LogP contribution in [-0.2, 0) is 0 Å². The third kappa shape index (κ3) is 5.11. The Morgan fingerprint density at radius 1 is 1.73 bits per heavy atom. The number of rotatable bonds is 7. The van der Waals surface area contributed by atoms with Gasteiger partial charge >= 0.3 is 0 Å². The second kappa shape index (κ2) is 7.63. The monoisotopic (exact) mass is 242 g/mol. The van der Waals surface area contributed by atoms with Crippen LogP contribution >= 0.6 is 23.3 Å². The average molecular weight is 242 g/mol. The maximum Gasteiger partial charge on any atom is 0.169 e. The van der Waals surface area contributed by atoms with Crippen LogP contribution in [0.3, 0.4) is 0 Å². The fraction of sp³-hybridized carbons (Fsp3) is 0.667. The molecule has 0 aliphatic rings. The summed E-state index contributed by atoms with van der Waals surface area (Å²) in [5.41, 5.74) is 0. The van der Waals surface area contributed by atoms with E-state index in [4.69, 9.17) is 5.26 Å². The number of nitrogens with one attached hydrogen (secondary N) is 1. The Bertz CT molecular complexity index is 294. The Kier molecular flexibility index (Phi) is 6.32. The van der Waals surface area contributed by atoms with Crippen molar-refractivity contribution in [2.45, 2.75) is 30.1 Å². The number of nitriles is 1. The molecule has 1 rings (SSSR count). The van der Waals surface area contributed by atoms with Gasteiger partial charge in [-0.2, -0.15) is 9.64 Å². The van der Waals surface area contributed by atoms with Crippen molar-refractivity contribution in [3.63, 3.8) is 0 Å². The fourth-order valence-corrected chi connectivity index (χ4v) is 2.54. The zero-order valence-corrected chi connectivity index (χ0v) is 10.3. The Morgan fingerprint density at radius 2 is 2.60 bits per heavy atom. The van der Waals surface area contributed by atoms with Crippen LogP contribution in [0.25, 0.3) is 0 Å². The van der Waals surface area contributed by atoms with E-state index in [2.05, 4.69) is 27.7 Å². The Labute approximate surface area is 98.3 Å². The molecule has 0 saturated heterocycles. The van der Waals surface area contributed by atoms with Gasteiger partial charge in [0.1, 0.15) is 6.33 Å². The second-order valence-electron chi connectivity index (χ2n) is 2.98. The van der Waals surface area contributed by atoms with Crippen molar-refractivity contribution in [3.05, 3.63) is 6.33 Å². The van der Waals surface area contributed by atoms with Gasteiger partial charge in [-0.15, -0.1) is 0 Å². The third-order valence-electron chi connectivity index (χ3n) is 1.77. The molecule has 0 fully saturated rings. The molecule has 0 saturated carbocycles. The lowest BCUT2D eigenvalue weighted by Gasteiger charge is -2.08. The minimum atomic E-state index is -0.0367. The SMILES string of the molecule is CCCNC(C#N)CCSc1ncns1. The van der Waals surface area contributed by atoms with Gasteiger partial charge in [-0.05, 0) is 30.9 Å². The highest BCUT2D eigenvalue weighted by molar-refractivity contribution is 8.00. The van der Waals surface area contributed by atoms with E-state index >= 15 is 0 Å². The molecule has 0 aliphatic heterocycles. The van der Waals surface area contributed by atoms with Crippen molar-refractivity contribution in [2.75, 3.05) is 12.3 Å². The molecular formula is C9H14N4S2. The van der Waals surface area contributed by atoms with Crippen LogP contribution in [0.2, 0.25) is 0 Å². The van der Waals surface area contributed by atoms with E-state index in [9.17, 15) is 0 Å². The Hall–Kier alpha value is -0.640. The molecule has 0 aliphatic carbocycles. The van der Waals surface area contributed by atoms with E-state index < -0.39 is 0 Å². The molecule has 1 aromatic heterocycles. The average Bonchev–Trinajstić information content (AvgIpc) is 2.76. The molecule has 1 N–H and O–H groups in total. The summed E-state index contributed by atoms with van der Waals surface area (Å²) in [4.78, 5) is 4.07.